The zero-order chi connectivity index (χ0) is 16.1. The molecular weight excluding hydrogens is 290 g/mol. The van der Waals surface area contributed by atoms with E-state index in [9.17, 15) is 4.79 Å². The van der Waals surface area contributed by atoms with Crippen molar-refractivity contribution in [3.8, 4) is 0 Å². The molecule has 120 valence electrons. The van der Waals surface area contributed by atoms with E-state index < -0.39 is 6.09 Å². The summed E-state index contributed by atoms with van der Waals surface area (Å²) in [5.41, 5.74) is 3.54. The fourth-order valence-corrected chi connectivity index (χ4v) is 3.20. The van der Waals surface area contributed by atoms with Crippen LogP contribution in [-0.2, 0) is 13.1 Å². The number of likely N-dealkylation sites (tertiary alicyclic amines) is 1. The van der Waals surface area contributed by atoms with Crippen LogP contribution in [0.1, 0.15) is 35.6 Å². The van der Waals surface area contributed by atoms with Crippen molar-refractivity contribution in [3.63, 3.8) is 0 Å². The van der Waals surface area contributed by atoms with Crippen LogP contribution in [0.2, 0.25) is 0 Å². The molecule has 1 saturated heterocycles. The first-order chi connectivity index (χ1) is 11.2. The molecule has 2 N–H and O–H groups in total. The van der Waals surface area contributed by atoms with E-state index in [4.69, 9.17) is 5.11 Å². The first-order valence-electron chi connectivity index (χ1n) is 7.91. The average molecular weight is 311 g/mol. The van der Waals surface area contributed by atoms with E-state index in [0.717, 1.165) is 25.1 Å². The summed E-state index contributed by atoms with van der Waals surface area (Å²) in [4.78, 5) is 17.2. The van der Waals surface area contributed by atoms with Crippen LogP contribution in [0.25, 0.3) is 0 Å². The van der Waals surface area contributed by atoms with E-state index in [-0.39, 0.29) is 0 Å². The number of hydrogen-bond acceptors (Lipinski definition) is 3. The van der Waals surface area contributed by atoms with Gasteiger partial charge in [-0.3, -0.25) is 9.88 Å². The third-order valence-electron chi connectivity index (χ3n) is 4.28. The van der Waals surface area contributed by atoms with Crippen molar-refractivity contribution in [3.05, 3.63) is 65.5 Å². The zero-order valence-corrected chi connectivity index (χ0v) is 13.0. The van der Waals surface area contributed by atoms with E-state index >= 15 is 0 Å². The molecular formula is C18H21N3O2. The standard InChI is InChI=1S/C18H21N3O2/c22-18(23)20-12-15-3-1-4-16(11-15)17-5-2-10-21(17)13-14-6-8-19-9-7-14/h1,3-4,6-9,11,17,20H,2,5,10,12-13H2,(H,22,23). The minimum atomic E-state index is -0.990. The fraction of sp³-hybridized carbons (Fsp3) is 0.333. The van der Waals surface area contributed by atoms with Gasteiger partial charge in [0.2, 0.25) is 0 Å². The lowest BCUT2D eigenvalue weighted by Crippen LogP contribution is -2.23. The minimum absolute atomic E-state index is 0.347. The molecule has 23 heavy (non-hydrogen) atoms. The van der Waals surface area contributed by atoms with Gasteiger partial charge in [-0.25, -0.2) is 4.79 Å². The number of amides is 1. The number of aromatic nitrogens is 1. The van der Waals surface area contributed by atoms with Gasteiger partial charge in [0.05, 0.1) is 0 Å². The van der Waals surface area contributed by atoms with Crippen LogP contribution >= 0.6 is 0 Å². The number of carbonyl (C=O) groups is 1. The Bertz CT molecular complexity index is 660. The molecule has 1 fully saturated rings. The molecule has 5 heteroatoms. The first-order valence-corrected chi connectivity index (χ1v) is 7.91. The molecule has 0 spiro atoms. The van der Waals surface area contributed by atoms with Crippen molar-refractivity contribution in [1.82, 2.24) is 15.2 Å². The molecule has 2 aromatic rings. The van der Waals surface area contributed by atoms with Crippen LogP contribution in [0, 0.1) is 0 Å². The van der Waals surface area contributed by atoms with E-state index in [0.29, 0.717) is 12.6 Å². The highest BCUT2D eigenvalue weighted by molar-refractivity contribution is 5.64. The highest BCUT2D eigenvalue weighted by Gasteiger charge is 2.26. The third kappa shape index (κ3) is 4.07. The SMILES string of the molecule is O=C(O)NCc1cccc(C2CCCN2Cc2ccncc2)c1. The third-order valence-corrected chi connectivity index (χ3v) is 4.28. The summed E-state index contributed by atoms with van der Waals surface area (Å²) in [6, 6.07) is 12.7. The summed E-state index contributed by atoms with van der Waals surface area (Å²) in [5, 5.41) is 11.2. The zero-order valence-electron chi connectivity index (χ0n) is 13.0. The van der Waals surface area contributed by atoms with Crippen molar-refractivity contribution in [1.29, 1.82) is 0 Å². The molecule has 2 heterocycles. The molecule has 0 radical (unpaired) electrons. The summed E-state index contributed by atoms with van der Waals surface area (Å²) < 4.78 is 0. The van der Waals surface area contributed by atoms with E-state index in [1.165, 1.54) is 17.5 Å². The second kappa shape index (κ2) is 7.24. The number of pyridine rings is 1. The smallest absolute Gasteiger partial charge is 0.404 e. The summed E-state index contributed by atoms with van der Waals surface area (Å²) in [6.07, 6.45) is 5.00. The Morgan fingerprint density at radius 1 is 1.26 bits per heavy atom. The molecule has 1 atom stereocenters. The molecule has 1 amide bonds. The largest absolute Gasteiger partial charge is 0.465 e. The maximum Gasteiger partial charge on any atom is 0.404 e. The van der Waals surface area contributed by atoms with E-state index in [1.54, 1.807) is 0 Å². The normalized spacial score (nSPS) is 18.0. The van der Waals surface area contributed by atoms with Crippen LogP contribution in [0.4, 0.5) is 4.79 Å². The molecule has 0 bridgehead atoms. The molecule has 1 aliphatic heterocycles. The van der Waals surface area contributed by atoms with Crippen LogP contribution in [0.5, 0.6) is 0 Å². The van der Waals surface area contributed by atoms with Gasteiger partial charge >= 0.3 is 6.09 Å². The Morgan fingerprint density at radius 2 is 2.09 bits per heavy atom. The van der Waals surface area contributed by atoms with Crippen molar-refractivity contribution >= 4 is 6.09 Å². The summed E-state index contributed by atoms with van der Waals surface area (Å²) in [6.45, 7) is 2.36. The second-order valence-corrected chi connectivity index (χ2v) is 5.89. The van der Waals surface area contributed by atoms with Gasteiger partial charge in [0.15, 0.2) is 0 Å². The van der Waals surface area contributed by atoms with Crippen LogP contribution in [-0.4, -0.2) is 27.6 Å². The van der Waals surface area contributed by atoms with Crippen LogP contribution in [0.3, 0.4) is 0 Å². The Hall–Kier alpha value is -2.40. The lowest BCUT2D eigenvalue weighted by molar-refractivity contribution is 0.194. The van der Waals surface area contributed by atoms with Gasteiger partial charge in [-0.05, 0) is 48.2 Å². The maximum atomic E-state index is 10.6. The van der Waals surface area contributed by atoms with Crippen LogP contribution < -0.4 is 5.32 Å². The number of hydrogen-bond donors (Lipinski definition) is 2. The molecule has 0 saturated carbocycles. The Kier molecular flexibility index (Phi) is 4.88. The highest BCUT2D eigenvalue weighted by atomic mass is 16.4. The van der Waals surface area contributed by atoms with Crippen molar-refractivity contribution in [2.45, 2.75) is 32.0 Å². The van der Waals surface area contributed by atoms with Gasteiger partial charge in [0.25, 0.3) is 0 Å². The minimum Gasteiger partial charge on any atom is -0.465 e. The maximum absolute atomic E-state index is 10.6. The van der Waals surface area contributed by atoms with Gasteiger partial charge in [-0.2, -0.15) is 0 Å². The molecule has 1 aromatic heterocycles. The highest BCUT2D eigenvalue weighted by Crippen LogP contribution is 2.33. The molecule has 0 aliphatic carbocycles. The quantitative estimate of drug-likeness (QED) is 0.890. The first kappa shape index (κ1) is 15.5. The van der Waals surface area contributed by atoms with E-state index in [1.807, 2.05) is 24.5 Å². The summed E-state index contributed by atoms with van der Waals surface area (Å²) in [7, 11) is 0. The predicted molar refractivity (Wildman–Crippen MR) is 87.9 cm³/mol. The molecule has 1 aromatic carbocycles. The van der Waals surface area contributed by atoms with Gasteiger partial charge in [-0.1, -0.05) is 24.3 Å². The number of rotatable bonds is 5. The predicted octanol–water partition coefficient (Wildman–Crippen LogP) is 3.19. The van der Waals surface area contributed by atoms with Gasteiger partial charge < -0.3 is 10.4 Å². The van der Waals surface area contributed by atoms with Crippen LogP contribution in [0.15, 0.2) is 48.8 Å². The van der Waals surface area contributed by atoms with Gasteiger partial charge in [0.1, 0.15) is 0 Å². The number of benzene rings is 1. The fourth-order valence-electron chi connectivity index (χ4n) is 3.20. The van der Waals surface area contributed by atoms with Crippen molar-refractivity contribution in [2.75, 3.05) is 6.54 Å². The molecule has 1 aliphatic rings. The van der Waals surface area contributed by atoms with E-state index in [2.05, 4.69) is 39.5 Å². The Morgan fingerprint density at radius 3 is 2.87 bits per heavy atom. The topological polar surface area (TPSA) is 65.5 Å². The lowest BCUT2D eigenvalue weighted by Gasteiger charge is -2.25. The number of nitrogens with zero attached hydrogens (tertiary/aromatic N) is 2. The monoisotopic (exact) mass is 311 g/mol. The van der Waals surface area contributed by atoms with Crippen molar-refractivity contribution < 1.29 is 9.90 Å². The van der Waals surface area contributed by atoms with Gasteiger partial charge in [0, 0.05) is 31.5 Å². The number of nitrogens with one attached hydrogen (secondary N) is 1. The van der Waals surface area contributed by atoms with Gasteiger partial charge in [-0.15, -0.1) is 0 Å². The number of carboxylic acid groups (broad SMARTS) is 1. The summed E-state index contributed by atoms with van der Waals surface area (Å²) in [5.74, 6) is 0. The Labute approximate surface area is 136 Å². The van der Waals surface area contributed by atoms with Crippen molar-refractivity contribution in [2.24, 2.45) is 0 Å². The second-order valence-electron chi connectivity index (χ2n) is 5.89. The average Bonchev–Trinajstić information content (AvgIpc) is 3.02. The molecule has 1 unspecified atom stereocenters. The summed E-state index contributed by atoms with van der Waals surface area (Å²) >= 11 is 0. The molecule has 5 nitrogen and oxygen atoms in total. The Balaban J connectivity index is 1.72. The lowest BCUT2D eigenvalue weighted by atomic mass is 10.0. The molecule has 3 rings (SSSR count).